The standard InChI is InChI=1S/C20H23N3O5S2/c24-18-15-17(20(25)23(18)16-5-2-1-3-6-16)22(9-8-21-10-12-28-13-11-21)30(26,27)19-7-4-14-29-19/h1-7,14,17H,8-13,15H2. The van der Waals surface area contributed by atoms with Gasteiger partial charge in [0.2, 0.25) is 5.91 Å². The van der Waals surface area contributed by atoms with Gasteiger partial charge in [0.15, 0.2) is 0 Å². The molecule has 0 spiro atoms. The topological polar surface area (TPSA) is 87.2 Å². The minimum Gasteiger partial charge on any atom is -0.379 e. The summed E-state index contributed by atoms with van der Waals surface area (Å²) in [4.78, 5) is 29.1. The van der Waals surface area contributed by atoms with E-state index in [0.29, 0.717) is 38.5 Å². The molecule has 3 heterocycles. The van der Waals surface area contributed by atoms with Crippen LogP contribution in [0.2, 0.25) is 0 Å². The molecule has 2 fully saturated rings. The molecule has 0 N–H and O–H groups in total. The highest BCUT2D eigenvalue weighted by Crippen LogP contribution is 2.30. The first-order valence-electron chi connectivity index (χ1n) is 9.76. The summed E-state index contributed by atoms with van der Waals surface area (Å²) in [5.41, 5.74) is 0.455. The smallest absolute Gasteiger partial charge is 0.253 e. The van der Waals surface area contributed by atoms with Crippen LogP contribution >= 0.6 is 11.3 Å². The molecule has 2 aromatic rings. The second kappa shape index (κ2) is 8.94. The van der Waals surface area contributed by atoms with Gasteiger partial charge in [0.25, 0.3) is 15.9 Å². The zero-order chi connectivity index (χ0) is 21.1. The number of imide groups is 1. The lowest BCUT2D eigenvalue weighted by atomic mass is 10.2. The first-order chi connectivity index (χ1) is 14.5. The average molecular weight is 450 g/mol. The van der Waals surface area contributed by atoms with Crippen molar-refractivity contribution in [1.82, 2.24) is 9.21 Å². The van der Waals surface area contributed by atoms with Gasteiger partial charge in [-0.25, -0.2) is 13.3 Å². The van der Waals surface area contributed by atoms with Crippen molar-refractivity contribution >= 4 is 38.9 Å². The lowest BCUT2D eigenvalue weighted by molar-refractivity contribution is -0.122. The van der Waals surface area contributed by atoms with Gasteiger partial charge in [-0.3, -0.25) is 14.5 Å². The van der Waals surface area contributed by atoms with Crippen molar-refractivity contribution in [3.05, 3.63) is 47.8 Å². The number of benzene rings is 1. The second-order valence-electron chi connectivity index (χ2n) is 7.12. The van der Waals surface area contributed by atoms with Crippen molar-refractivity contribution in [2.24, 2.45) is 0 Å². The van der Waals surface area contributed by atoms with Crippen molar-refractivity contribution in [2.45, 2.75) is 16.7 Å². The Kier molecular flexibility index (Phi) is 6.30. The van der Waals surface area contributed by atoms with E-state index in [4.69, 9.17) is 4.74 Å². The Labute approximate surface area is 179 Å². The molecule has 2 amide bonds. The monoisotopic (exact) mass is 449 g/mol. The first-order valence-corrected chi connectivity index (χ1v) is 12.1. The second-order valence-corrected chi connectivity index (χ2v) is 10.2. The first kappa shape index (κ1) is 21.1. The van der Waals surface area contributed by atoms with Crippen LogP contribution in [0.15, 0.2) is 52.1 Å². The molecular formula is C20H23N3O5S2. The van der Waals surface area contributed by atoms with Crippen LogP contribution in [0.4, 0.5) is 5.69 Å². The Balaban J connectivity index is 1.62. The molecule has 2 aliphatic rings. The molecule has 0 aliphatic carbocycles. The van der Waals surface area contributed by atoms with Gasteiger partial charge < -0.3 is 4.74 Å². The van der Waals surface area contributed by atoms with Gasteiger partial charge in [0.1, 0.15) is 10.3 Å². The number of carbonyl (C=O) groups excluding carboxylic acids is 2. The summed E-state index contributed by atoms with van der Waals surface area (Å²) in [5, 5.41) is 1.69. The predicted octanol–water partition coefficient (Wildman–Crippen LogP) is 1.40. The minimum absolute atomic E-state index is 0.131. The lowest BCUT2D eigenvalue weighted by Gasteiger charge is -2.31. The Morgan fingerprint density at radius 2 is 1.80 bits per heavy atom. The number of hydrogen-bond donors (Lipinski definition) is 0. The van der Waals surface area contributed by atoms with E-state index in [2.05, 4.69) is 4.90 Å². The van der Waals surface area contributed by atoms with E-state index in [1.54, 1.807) is 41.8 Å². The number of anilines is 1. The normalized spacial score (nSPS) is 21.0. The molecule has 8 nitrogen and oxygen atoms in total. The van der Waals surface area contributed by atoms with Gasteiger partial charge >= 0.3 is 0 Å². The molecule has 1 aromatic heterocycles. The summed E-state index contributed by atoms with van der Waals surface area (Å²) >= 11 is 1.10. The molecule has 4 rings (SSSR count). The van der Waals surface area contributed by atoms with Crippen molar-refractivity contribution in [1.29, 1.82) is 0 Å². The maximum absolute atomic E-state index is 13.4. The van der Waals surface area contributed by atoms with E-state index in [0.717, 1.165) is 16.2 Å². The van der Waals surface area contributed by atoms with Crippen molar-refractivity contribution in [3.8, 4) is 0 Å². The summed E-state index contributed by atoms with van der Waals surface area (Å²) in [7, 11) is -3.91. The molecule has 2 aliphatic heterocycles. The van der Waals surface area contributed by atoms with Crippen LogP contribution in [0.1, 0.15) is 6.42 Å². The number of thiophene rings is 1. The maximum atomic E-state index is 13.4. The number of nitrogens with zero attached hydrogens (tertiary/aromatic N) is 3. The summed E-state index contributed by atoms with van der Waals surface area (Å²) in [6.07, 6.45) is -0.165. The van der Waals surface area contributed by atoms with Gasteiger partial charge in [-0.05, 0) is 23.6 Å². The molecule has 1 aromatic carbocycles. The van der Waals surface area contributed by atoms with E-state index < -0.39 is 27.9 Å². The number of para-hydroxylation sites is 1. The number of sulfonamides is 1. The quantitative estimate of drug-likeness (QED) is 0.594. The summed E-state index contributed by atoms with van der Waals surface area (Å²) in [5.74, 6) is -0.901. The molecule has 160 valence electrons. The average Bonchev–Trinajstić information content (AvgIpc) is 3.39. The summed E-state index contributed by atoms with van der Waals surface area (Å²) in [6, 6.07) is 10.7. The highest BCUT2D eigenvalue weighted by atomic mass is 32.2. The van der Waals surface area contributed by atoms with E-state index in [1.165, 1.54) is 10.4 Å². The van der Waals surface area contributed by atoms with Crippen molar-refractivity contribution in [3.63, 3.8) is 0 Å². The van der Waals surface area contributed by atoms with Gasteiger partial charge in [-0.2, -0.15) is 4.31 Å². The van der Waals surface area contributed by atoms with Crippen LogP contribution in [-0.4, -0.2) is 74.9 Å². The third-order valence-corrected chi connectivity index (χ3v) is 8.56. The van der Waals surface area contributed by atoms with Gasteiger partial charge in [0, 0.05) is 26.2 Å². The maximum Gasteiger partial charge on any atom is 0.253 e. The van der Waals surface area contributed by atoms with Crippen LogP contribution in [0, 0.1) is 0 Å². The molecule has 0 bridgehead atoms. The number of morpholine rings is 1. The summed E-state index contributed by atoms with van der Waals surface area (Å²) < 4.78 is 33.4. The SMILES string of the molecule is O=C1CC(N(CCN2CCOCC2)S(=O)(=O)c2cccs2)C(=O)N1c1ccccc1. The fraction of sp³-hybridized carbons (Fsp3) is 0.400. The molecule has 0 radical (unpaired) electrons. The van der Waals surface area contributed by atoms with Crippen LogP contribution in [0.5, 0.6) is 0 Å². The Hall–Kier alpha value is -2.11. The summed E-state index contributed by atoms with van der Waals surface area (Å²) in [6.45, 7) is 3.21. The Morgan fingerprint density at radius 1 is 1.07 bits per heavy atom. The molecule has 0 saturated carbocycles. The lowest BCUT2D eigenvalue weighted by Crippen LogP contribution is -2.49. The van der Waals surface area contributed by atoms with Crippen LogP contribution in [-0.2, 0) is 24.3 Å². The molecule has 1 atom stereocenters. The van der Waals surface area contributed by atoms with E-state index >= 15 is 0 Å². The fourth-order valence-corrected chi connectivity index (χ4v) is 6.42. The Morgan fingerprint density at radius 3 is 2.47 bits per heavy atom. The van der Waals surface area contributed by atoms with Crippen LogP contribution in [0.25, 0.3) is 0 Å². The highest BCUT2D eigenvalue weighted by molar-refractivity contribution is 7.91. The third kappa shape index (κ3) is 4.19. The largest absolute Gasteiger partial charge is 0.379 e. The van der Waals surface area contributed by atoms with Crippen LogP contribution < -0.4 is 4.90 Å². The number of rotatable bonds is 7. The zero-order valence-corrected chi connectivity index (χ0v) is 18.0. The van der Waals surface area contributed by atoms with Crippen molar-refractivity contribution < 1.29 is 22.7 Å². The molecule has 10 heteroatoms. The highest BCUT2D eigenvalue weighted by Gasteiger charge is 2.47. The van der Waals surface area contributed by atoms with Crippen LogP contribution in [0.3, 0.4) is 0 Å². The minimum atomic E-state index is -3.91. The molecule has 1 unspecified atom stereocenters. The fourth-order valence-electron chi connectivity index (χ4n) is 3.72. The number of ether oxygens (including phenoxy) is 1. The molecule has 2 saturated heterocycles. The molecule has 30 heavy (non-hydrogen) atoms. The molecular weight excluding hydrogens is 426 g/mol. The number of carbonyl (C=O) groups is 2. The number of hydrogen-bond acceptors (Lipinski definition) is 7. The van der Waals surface area contributed by atoms with Crippen molar-refractivity contribution in [2.75, 3.05) is 44.3 Å². The van der Waals surface area contributed by atoms with Gasteiger partial charge in [0.05, 0.1) is 25.3 Å². The Bertz CT molecular complexity index is 989. The number of amides is 2. The van der Waals surface area contributed by atoms with E-state index in [-0.39, 0.29) is 17.2 Å². The van der Waals surface area contributed by atoms with E-state index in [9.17, 15) is 18.0 Å². The predicted molar refractivity (Wildman–Crippen MR) is 113 cm³/mol. The van der Waals surface area contributed by atoms with Gasteiger partial charge in [-0.1, -0.05) is 24.3 Å². The zero-order valence-electron chi connectivity index (χ0n) is 16.3. The van der Waals surface area contributed by atoms with Gasteiger partial charge in [-0.15, -0.1) is 11.3 Å². The third-order valence-electron chi connectivity index (χ3n) is 5.28. The van der Waals surface area contributed by atoms with E-state index in [1.807, 2.05) is 0 Å².